The third kappa shape index (κ3) is 2.23. The van der Waals surface area contributed by atoms with Crippen LogP contribution < -0.4 is 5.73 Å². The van der Waals surface area contributed by atoms with Gasteiger partial charge in [-0.15, -0.1) is 0 Å². The van der Waals surface area contributed by atoms with E-state index in [1.807, 2.05) is 12.1 Å². The number of nitrogen functional groups attached to an aromatic ring is 1. The molecule has 3 N–H and O–H groups in total. The molecule has 0 fully saturated rings. The van der Waals surface area contributed by atoms with Crippen LogP contribution >= 0.6 is 0 Å². The molecule has 0 amide bonds. The number of anilines is 1. The van der Waals surface area contributed by atoms with Gasteiger partial charge in [0.05, 0.1) is 28.4 Å². The molecule has 0 aliphatic carbocycles. The van der Waals surface area contributed by atoms with E-state index in [1.165, 1.54) is 0 Å². The zero-order chi connectivity index (χ0) is 15.0. The molecular formula is C15H16N6. The third-order valence-corrected chi connectivity index (χ3v) is 3.33. The Morgan fingerprint density at radius 1 is 1.33 bits per heavy atom. The summed E-state index contributed by atoms with van der Waals surface area (Å²) in [5.74, 6) is 1.02. The van der Waals surface area contributed by atoms with E-state index in [0.29, 0.717) is 22.9 Å². The van der Waals surface area contributed by atoms with E-state index >= 15 is 0 Å². The van der Waals surface area contributed by atoms with Crippen molar-refractivity contribution in [3.63, 3.8) is 0 Å². The highest BCUT2D eigenvalue weighted by molar-refractivity contribution is 5.90. The number of aromatic amines is 1. The van der Waals surface area contributed by atoms with E-state index < -0.39 is 0 Å². The van der Waals surface area contributed by atoms with Gasteiger partial charge in [0.2, 0.25) is 0 Å². The lowest BCUT2D eigenvalue weighted by atomic mass is 10.1. The van der Waals surface area contributed by atoms with Gasteiger partial charge in [-0.05, 0) is 36.6 Å². The molecule has 3 rings (SSSR count). The van der Waals surface area contributed by atoms with Crippen molar-refractivity contribution in [1.29, 1.82) is 5.26 Å². The van der Waals surface area contributed by atoms with E-state index in [2.05, 4.69) is 35.2 Å². The van der Waals surface area contributed by atoms with Gasteiger partial charge in [-0.25, -0.2) is 4.68 Å². The number of hydrogen-bond acceptors (Lipinski definition) is 4. The fourth-order valence-electron chi connectivity index (χ4n) is 2.39. The first-order valence-electron chi connectivity index (χ1n) is 6.82. The van der Waals surface area contributed by atoms with Gasteiger partial charge in [-0.2, -0.15) is 15.5 Å². The maximum absolute atomic E-state index is 8.87. The van der Waals surface area contributed by atoms with Gasteiger partial charge in [-0.3, -0.25) is 5.10 Å². The van der Waals surface area contributed by atoms with Crippen LogP contribution in [0.5, 0.6) is 0 Å². The number of rotatable bonds is 3. The van der Waals surface area contributed by atoms with Crippen LogP contribution in [0, 0.1) is 17.2 Å². The molecule has 0 aliphatic heterocycles. The van der Waals surface area contributed by atoms with Crippen molar-refractivity contribution in [2.75, 3.05) is 5.73 Å². The van der Waals surface area contributed by atoms with Crippen LogP contribution in [0.1, 0.15) is 25.1 Å². The number of aromatic nitrogens is 4. The van der Waals surface area contributed by atoms with Gasteiger partial charge in [0.25, 0.3) is 0 Å². The van der Waals surface area contributed by atoms with Gasteiger partial charge in [-0.1, -0.05) is 13.8 Å². The van der Waals surface area contributed by atoms with Gasteiger partial charge in [0.1, 0.15) is 5.82 Å². The van der Waals surface area contributed by atoms with Crippen LogP contribution in [0.4, 0.5) is 5.82 Å². The van der Waals surface area contributed by atoms with Crippen LogP contribution in [0.15, 0.2) is 24.3 Å². The predicted molar refractivity (Wildman–Crippen MR) is 80.9 cm³/mol. The Labute approximate surface area is 122 Å². The normalized spacial score (nSPS) is 11.1. The van der Waals surface area contributed by atoms with E-state index in [0.717, 1.165) is 23.2 Å². The maximum atomic E-state index is 8.87. The van der Waals surface area contributed by atoms with E-state index in [4.69, 9.17) is 11.0 Å². The smallest absolute Gasteiger partial charge is 0.186 e. The first-order valence-corrected chi connectivity index (χ1v) is 6.82. The molecule has 0 saturated carbocycles. The first-order chi connectivity index (χ1) is 10.1. The molecule has 3 aromatic rings. The highest BCUT2D eigenvalue weighted by atomic mass is 15.4. The molecule has 21 heavy (non-hydrogen) atoms. The molecule has 6 nitrogen and oxygen atoms in total. The molecule has 1 aromatic carbocycles. The van der Waals surface area contributed by atoms with Crippen LogP contribution in [0.3, 0.4) is 0 Å². The lowest BCUT2D eigenvalue weighted by Gasteiger charge is -2.03. The van der Waals surface area contributed by atoms with Crippen molar-refractivity contribution in [2.24, 2.45) is 5.92 Å². The lowest BCUT2D eigenvalue weighted by molar-refractivity contribution is 0.630. The Kier molecular flexibility index (Phi) is 3.10. The molecule has 0 spiro atoms. The average molecular weight is 280 g/mol. The van der Waals surface area contributed by atoms with E-state index in [-0.39, 0.29) is 0 Å². The number of hydrogen-bond donors (Lipinski definition) is 2. The summed E-state index contributed by atoms with van der Waals surface area (Å²) in [4.78, 5) is 0. The van der Waals surface area contributed by atoms with Crippen molar-refractivity contribution in [3.05, 3.63) is 35.5 Å². The second-order valence-corrected chi connectivity index (χ2v) is 5.45. The van der Waals surface area contributed by atoms with Crippen molar-refractivity contribution in [3.8, 4) is 11.8 Å². The Morgan fingerprint density at radius 2 is 2.05 bits per heavy atom. The second kappa shape index (κ2) is 4.94. The van der Waals surface area contributed by atoms with Crippen LogP contribution in [-0.4, -0.2) is 20.0 Å². The molecule has 0 bridgehead atoms. The van der Waals surface area contributed by atoms with E-state index in [9.17, 15) is 0 Å². The predicted octanol–water partition coefficient (Wildman–Crippen LogP) is 2.40. The van der Waals surface area contributed by atoms with Gasteiger partial charge >= 0.3 is 0 Å². The molecule has 0 aliphatic rings. The van der Waals surface area contributed by atoms with Gasteiger partial charge in [0, 0.05) is 0 Å². The number of nitrogens with one attached hydrogen (secondary N) is 1. The van der Waals surface area contributed by atoms with Gasteiger partial charge in [0.15, 0.2) is 5.65 Å². The molecule has 0 unspecified atom stereocenters. The zero-order valence-corrected chi connectivity index (χ0v) is 12.0. The number of H-pyrrole nitrogens is 1. The number of benzene rings is 1. The summed E-state index contributed by atoms with van der Waals surface area (Å²) in [5, 5.41) is 21.5. The molecule has 2 aromatic heterocycles. The van der Waals surface area contributed by atoms with Crippen molar-refractivity contribution < 1.29 is 0 Å². The highest BCUT2D eigenvalue weighted by Crippen LogP contribution is 2.26. The summed E-state index contributed by atoms with van der Waals surface area (Å²) in [6, 6.07) is 9.35. The molecule has 6 heteroatoms. The minimum atomic E-state index is 0.479. The summed E-state index contributed by atoms with van der Waals surface area (Å²) >= 11 is 0. The van der Waals surface area contributed by atoms with Crippen molar-refractivity contribution >= 4 is 16.9 Å². The molecule has 2 heterocycles. The molecular weight excluding hydrogens is 264 g/mol. The SMILES string of the molecule is CC(C)Cc1nn(-c2ccc(C#N)cc2)c2n[nH]c(N)c12. The lowest BCUT2D eigenvalue weighted by Crippen LogP contribution is -2.01. The highest BCUT2D eigenvalue weighted by Gasteiger charge is 2.18. The Hall–Kier alpha value is -2.81. The maximum Gasteiger partial charge on any atom is 0.186 e. The Morgan fingerprint density at radius 3 is 2.67 bits per heavy atom. The fourth-order valence-corrected chi connectivity index (χ4v) is 2.39. The van der Waals surface area contributed by atoms with Crippen molar-refractivity contribution in [2.45, 2.75) is 20.3 Å². The second-order valence-electron chi connectivity index (χ2n) is 5.45. The number of nitrogens with two attached hydrogens (primary N) is 1. The summed E-state index contributed by atoms with van der Waals surface area (Å²) in [6.45, 7) is 4.28. The Balaban J connectivity index is 2.16. The molecule has 0 atom stereocenters. The standard InChI is InChI=1S/C15H16N6/c1-9(2)7-12-13-14(17)18-19-15(13)21(20-12)11-5-3-10(8-16)4-6-11/h3-6,9H,7H2,1-2H3,(H3,17,18,19). The van der Waals surface area contributed by atoms with E-state index in [1.54, 1.807) is 16.8 Å². The Bertz CT molecular complexity index is 816. The van der Waals surface area contributed by atoms with Gasteiger partial charge < -0.3 is 5.73 Å². The van der Waals surface area contributed by atoms with Crippen LogP contribution in [0.25, 0.3) is 16.7 Å². The van der Waals surface area contributed by atoms with Crippen LogP contribution in [-0.2, 0) is 6.42 Å². The summed E-state index contributed by atoms with van der Waals surface area (Å²) in [6.07, 6.45) is 0.837. The quantitative estimate of drug-likeness (QED) is 0.770. The number of nitriles is 1. The fraction of sp³-hybridized carbons (Fsp3) is 0.267. The summed E-state index contributed by atoms with van der Waals surface area (Å²) in [7, 11) is 0. The largest absolute Gasteiger partial charge is 0.383 e. The first kappa shape index (κ1) is 13.2. The molecule has 0 radical (unpaired) electrons. The third-order valence-electron chi connectivity index (χ3n) is 3.33. The number of nitrogens with zero attached hydrogens (tertiary/aromatic N) is 4. The zero-order valence-electron chi connectivity index (χ0n) is 12.0. The molecule has 106 valence electrons. The average Bonchev–Trinajstić information content (AvgIpc) is 3.01. The topological polar surface area (TPSA) is 96.3 Å². The monoisotopic (exact) mass is 280 g/mol. The summed E-state index contributed by atoms with van der Waals surface area (Å²) < 4.78 is 1.76. The van der Waals surface area contributed by atoms with Crippen molar-refractivity contribution in [1.82, 2.24) is 20.0 Å². The molecule has 0 saturated heterocycles. The number of fused-ring (bicyclic) bond motifs is 1. The summed E-state index contributed by atoms with van der Waals surface area (Å²) in [5.41, 5.74) is 9.11. The minimum absolute atomic E-state index is 0.479. The van der Waals surface area contributed by atoms with Crippen LogP contribution in [0.2, 0.25) is 0 Å². The minimum Gasteiger partial charge on any atom is -0.383 e.